The zero-order valence-corrected chi connectivity index (χ0v) is 20.0. The van der Waals surface area contributed by atoms with Crippen LogP contribution in [-0.4, -0.2) is 55.9 Å². The number of carbonyl (C=O) groups excluding carboxylic acids is 2. The van der Waals surface area contributed by atoms with Gasteiger partial charge in [0.2, 0.25) is 5.82 Å². The van der Waals surface area contributed by atoms with Gasteiger partial charge >= 0.3 is 11.8 Å². The van der Waals surface area contributed by atoms with Gasteiger partial charge in [-0.1, -0.05) is 16.8 Å². The van der Waals surface area contributed by atoms with Gasteiger partial charge in [0.05, 0.1) is 14.2 Å². The zero-order valence-electron chi connectivity index (χ0n) is 19.2. The van der Waals surface area contributed by atoms with E-state index in [1.165, 1.54) is 14.2 Å². The normalized spacial score (nSPS) is 10.5. The number of nitrogens with one attached hydrogen (secondary N) is 2. The molecule has 0 saturated heterocycles. The first-order valence-corrected chi connectivity index (χ1v) is 10.7. The Morgan fingerprint density at radius 2 is 1.68 bits per heavy atom. The van der Waals surface area contributed by atoms with Crippen LogP contribution in [0.2, 0.25) is 5.02 Å². The second kappa shape index (κ2) is 11.4. The highest BCUT2D eigenvalue weighted by Crippen LogP contribution is 2.31. The van der Waals surface area contributed by atoms with Crippen LogP contribution in [0.15, 0.2) is 34.9 Å². The van der Waals surface area contributed by atoms with Crippen LogP contribution in [0, 0.1) is 13.8 Å². The van der Waals surface area contributed by atoms with E-state index in [-0.39, 0.29) is 37.3 Å². The molecular formula is C23H25ClN4O6. The summed E-state index contributed by atoms with van der Waals surface area (Å²) in [6.07, 6.45) is 0. The SMILES string of the molecule is COc1ccc(-c2noc(C(=O)NCCNC(=O)COc3cc(C)c(Cl)c(C)c3)n2)cc1OC. The molecule has 2 amide bonds. The Balaban J connectivity index is 1.44. The summed E-state index contributed by atoms with van der Waals surface area (Å²) in [5, 5.41) is 9.76. The summed E-state index contributed by atoms with van der Waals surface area (Å²) in [6, 6.07) is 8.63. The largest absolute Gasteiger partial charge is 0.493 e. The quantitative estimate of drug-likeness (QED) is 0.417. The molecule has 2 aromatic carbocycles. The van der Waals surface area contributed by atoms with Crippen LogP contribution < -0.4 is 24.8 Å². The van der Waals surface area contributed by atoms with Gasteiger partial charge in [-0.2, -0.15) is 4.98 Å². The van der Waals surface area contributed by atoms with E-state index in [9.17, 15) is 9.59 Å². The molecule has 180 valence electrons. The Bertz CT molecular complexity index is 1160. The molecule has 0 unspecified atom stereocenters. The molecule has 0 spiro atoms. The predicted octanol–water partition coefficient (Wildman–Crippen LogP) is 2.95. The number of aromatic nitrogens is 2. The van der Waals surface area contributed by atoms with Gasteiger partial charge in [-0.25, -0.2) is 0 Å². The van der Waals surface area contributed by atoms with Gasteiger partial charge in [-0.3, -0.25) is 9.59 Å². The lowest BCUT2D eigenvalue weighted by molar-refractivity contribution is -0.123. The molecular weight excluding hydrogens is 464 g/mol. The third kappa shape index (κ3) is 6.16. The Kier molecular flexibility index (Phi) is 8.31. The minimum Gasteiger partial charge on any atom is -0.493 e. The van der Waals surface area contributed by atoms with E-state index in [1.807, 2.05) is 13.8 Å². The molecule has 1 heterocycles. The zero-order chi connectivity index (χ0) is 24.7. The van der Waals surface area contributed by atoms with Gasteiger partial charge in [0.15, 0.2) is 18.1 Å². The van der Waals surface area contributed by atoms with Crippen molar-refractivity contribution in [2.45, 2.75) is 13.8 Å². The van der Waals surface area contributed by atoms with Crippen molar-refractivity contribution in [1.82, 2.24) is 20.8 Å². The van der Waals surface area contributed by atoms with Crippen LogP contribution in [-0.2, 0) is 4.79 Å². The van der Waals surface area contributed by atoms with Crippen molar-refractivity contribution >= 4 is 23.4 Å². The van der Waals surface area contributed by atoms with Gasteiger partial charge in [0, 0.05) is 23.7 Å². The Hall–Kier alpha value is -3.79. The van der Waals surface area contributed by atoms with Crippen molar-refractivity contribution in [3.63, 3.8) is 0 Å². The first-order chi connectivity index (χ1) is 16.3. The fourth-order valence-electron chi connectivity index (χ4n) is 3.05. The standard InChI is InChI=1S/C23H25ClN4O6/c1-13-9-16(10-14(2)20(13)24)33-12-19(29)25-7-8-26-22(30)23-27-21(28-34-23)15-5-6-17(31-3)18(11-15)32-4/h5-6,9-11H,7-8,12H2,1-4H3,(H,25,29)(H,26,30). The summed E-state index contributed by atoms with van der Waals surface area (Å²) < 4.78 is 21.0. The van der Waals surface area contributed by atoms with E-state index in [0.29, 0.717) is 27.8 Å². The number of benzene rings is 2. The van der Waals surface area contributed by atoms with Crippen LogP contribution in [0.5, 0.6) is 17.2 Å². The van der Waals surface area contributed by atoms with Gasteiger partial charge in [0.25, 0.3) is 5.91 Å². The van der Waals surface area contributed by atoms with Crippen molar-refractivity contribution in [3.8, 4) is 28.6 Å². The number of carbonyl (C=O) groups is 2. The topological polar surface area (TPSA) is 125 Å². The lowest BCUT2D eigenvalue weighted by Crippen LogP contribution is -2.36. The van der Waals surface area contributed by atoms with E-state index < -0.39 is 5.91 Å². The average Bonchev–Trinajstić information content (AvgIpc) is 3.33. The highest BCUT2D eigenvalue weighted by molar-refractivity contribution is 6.32. The second-order valence-corrected chi connectivity index (χ2v) is 7.64. The van der Waals surface area contributed by atoms with E-state index in [0.717, 1.165) is 11.1 Å². The number of hydrogen-bond acceptors (Lipinski definition) is 8. The maximum Gasteiger partial charge on any atom is 0.316 e. The van der Waals surface area contributed by atoms with Gasteiger partial charge in [-0.05, 0) is 55.3 Å². The Labute approximate surface area is 201 Å². The number of hydrogen-bond donors (Lipinski definition) is 2. The summed E-state index contributed by atoms with van der Waals surface area (Å²) >= 11 is 6.13. The van der Waals surface area contributed by atoms with Crippen LogP contribution >= 0.6 is 11.6 Å². The summed E-state index contributed by atoms with van der Waals surface area (Å²) in [7, 11) is 3.05. The summed E-state index contributed by atoms with van der Waals surface area (Å²) in [6.45, 7) is 3.93. The number of methoxy groups -OCH3 is 2. The molecule has 2 N–H and O–H groups in total. The lowest BCUT2D eigenvalue weighted by atomic mass is 10.1. The molecule has 10 nitrogen and oxygen atoms in total. The van der Waals surface area contributed by atoms with E-state index >= 15 is 0 Å². The van der Waals surface area contributed by atoms with Crippen LogP contribution in [0.1, 0.15) is 21.8 Å². The maximum absolute atomic E-state index is 12.3. The smallest absolute Gasteiger partial charge is 0.316 e. The van der Waals surface area contributed by atoms with Gasteiger partial charge < -0.3 is 29.4 Å². The number of nitrogens with zero attached hydrogens (tertiary/aromatic N) is 2. The second-order valence-electron chi connectivity index (χ2n) is 7.26. The molecule has 11 heteroatoms. The number of rotatable bonds is 10. The molecule has 1 aromatic heterocycles. The molecule has 0 bridgehead atoms. The summed E-state index contributed by atoms with van der Waals surface area (Å²) in [4.78, 5) is 28.4. The van der Waals surface area contributed by atoms with E-state index in [2.05, 4.69) is 20.8 Å². The van der Waals surface area contributed by atoms with Crippen molar-refractivity contribution in [3.05, 3.63) is 52.4 Å². The Morgan fingerprint density at radius 3 is 2.35 bits per heavy atom. The molecule has 34 heavy (non-hydrogen) atoms. The molecule has 0 fully saturated rings. The molecule has 0 saturated carbocycles. The lowest BCUT2D eigenvalue weighted by Gasteiger charge is -2.10. The fourth-order valence-corrected chi connectivity index (χ4v) is 3.16. The molecule has 0 radical (unpaired) electrons. The highest BCUT2D eigenvalue weighted by atomic mass is 35.5. The van der Waals surface area contributed by atoms with Crippen LogP contribution in [0.25, 0.3) is 11.4 Å². The molecule has 0 aliphatic carbocycles. The summed E-state index contributed by atoms with van der Waals surface area (Å²) in [5.74, 6) is 0.752. The monoisotopic (exact) mass is 488 g/mol. The summed E-state index contributed by atoms with van der Waals surface area (Å²) in [5.41, 5.74) is 2.34. The first kappa shape index (κ1) is 24.8. The Morgan fingerprint density at radius 1 is 1.00 bits per heavy atom. The first-order valence-electron chi connectivity index (χ1n) is 10.3. The van der Waals surface area contributed by atoms with Crippen LogP contribution in [0.4, 0.5) is 0 Å². The molecule has 0 aliphatic rings. The van der Waals surface area contributed by atoms with Crippen molar-refractivity contribution in [2.24, 2.45) is 0 Å². The molecule has 0 atom stereocenters. The third-order valence-electron chi connectivity index (χ3n) is 4.77. The van der Waals surface area contributed by atoms with Crippen LogP contribution in [0.3, 0.4) is 0 Å². The number of aryl methyl sites for hydroxylation is 2. The number of ether oxygens (including phenoxy) is 3. The van der Waals surface area contributed by atoms with Crippen molar-refractivity contribution in [1.29, 1.82) is 0 Å². The fraction of sp³-hybridized carbons (Fsp3) is 0.304. The van der Waals surface area contributed by atoms with Gasteiger partial charge in [-0.15, -0.1) is 0 Å². The maximum atomic E-state index is 12.3. The minimum absolute atomic E-state index is 0.160. The number of amides is 2. The van der Waals surface area contributed by atoms with Gasteiger partial charge in [0.1, 0.15) is 5.75 Å². The van der Waals surface area contributed by atoms with Crippen molar-refractivity contribution in [2.75, 3.05) is 33.9 Å². The van der Waals surface area contributed by atoms with Crippen molar-refractivity contribution < 1.29 is 28.3 Å². The van der Waals surface area contributed by atoms with E-state index in [1.54, 1.807) is 30.3 Å². The number of halogens is 1. The minimum atomic E-state index is -0.558. The van der Waals surface area contributed by atoms with E-state index in [4.69, 9.17) is 30.3 Å². The molecule has 0 aliphatic heterocycles. The highest BCUT2D eigenvalue weighted by Gasteiger charge is 2.17. The average molecular weight is 489 g/mol. The molecule has 3 aromatic rings. The predicted molar refractivity (Wildman–Crippen MR) is 125 cm³/mol. The molecule has 3 rings (SSSR count). The third-order valence-corrected chi connectivity index (χ3v) is 5.37.